The second-order valence-electron chi connectivity index (χ2n) is 5.04. The average Bonchev–Trinajstić information content (AvgIpc) is 2.45. The maximum atomic E-state index is 12.2. The van der Waals surface area contributed by atoms with Crippen molar-refractivity contribution in [2.75, 3.05) is 19.4 Å². The van der Waals surface area contributed by atoms with Gasteiger partial charge in [-0.25, -0.2) is 0 Å². The Morgan fingerprint density at radius 1 is 0.810 bits per heavy atom. The molecule has 4 heteroatoms. The van der Waals surface area contributed by atoms with Crippen LogP contribution in [-0.4, -0.2) is 19.4 Å². The van der Waals surface area contributed by atoms with Crippen LogP contribution >= 0.6 is 7.60 Å². The number of rotatable bonds is 14. The molecule has 0 aromatic heterocycles. The van der Waals surface area contributed by atoms with Crippen molar-refractivity contribution in [2.45, 2.75) is 65.7 Å². The van der Waals surface area contributed by atoms with Crippen molar-refractivity contribution in [3.63, 3.8) is 0 Å². The predicted molar refractivity (Wildman–Crippen MR) is 92.0 cm³/mol. The highest BCUT2D eigenvalue weighted by molar-refractivity contribution is 7.54. The van der Waals surface area contributed by atoms with E-state index in [1.807, 2.05) is 32.1 Å². The van der Waals surface area contributed by atoms with Crippen LogP contribution in [0.2, 0.25) is 0 Å². The molecule has 0 unspecified atom stereocenters. The van der Waals surface area contributed by atoms with Gasteiger partial charge in [0.2, 0.25) is 0 Å². The maximum absolute atomic E-state index is 12.2. The summed E-state index contributed by atoms with van der Waals surface area (Å²) in [7, 11) is -2.92. The summed E-state index contributed by atoms with van der Waals surface area (Å²) in [4.78, 5) is 0. The second-order valence-corrected chi connectivity index (χ2v) is 7.15. The molecule has 0 aromatic rings. The van der Waals surface area contributed by atoms with Crippen LogP contribution in [0.15, 0.2) is 24.3 Å². The molecule has 0 fully saturated rings. The van der Waals surface area contributed by atoms with Gasteiger partial charge in [-0.1, -0.05) is 63.3 Å². The molecule has 0 saturated carbocycles. The van der Waals surface area contributed by atoms with Gasteiger partial charge in [-0.05, 0) is 26.7 Å². The second kappa shape index (κ2) is 14.6. The van der Waals surface area contributed by atoms with Crippen LogP contribution in [0.4, 0.5) is 0 Å². The molecule has 0 aliphatic rings. The Labute approximate surface area is 131 Å². The summed E-state index contributed by atoms with van der Waals surface area (Å²) in [5, 5.41) is 0. The largest absolute Gasteiger partial charge is 0.334 e. The third-order valence-electron chi connectivity index (χ3n) is 3.09. The van der Waals surface area contributed by atoms with Crippen LogP contribution in [-0.2, 0) is 13.6 Å². The van der Waals surface area contributed by atoms with Crippen molar-refractivity contribution in [1.82, 2.24) is 0 Å². The van der Waals surface area contributed by atoms with Gasteiger partial charge in [0.15, 0.2) is 0 Å². The van der Waals surface area contributed by atoms with Crippen LogP contribution in [0.25, 0.3) is 0 Å². The summed E-state index contributed by atoms with van der Waals surface area (Å²) >= 11 is 0. The number of hydrogen-bond donors (Lipinski definition) is 0. The fourth-order valence-electron chi connectivity index (χ4n) is 2.02. The number of allylic oxidation sites excluding steroid dienone is 4. The molecular formula is C17H33O3P. The average molecular weight is 316 g/mol. The van der Waals surface area contributed by atoms with Crippen LogP contribution in [0.1, 0.15) is 65.7 Å². The van der Waals surface area contributed by atoms with Gasteiger partial charge in [0, 0.05) is 0 Å². The van der Waals surface area contributed by atoms with E-state index in [0.29, 0.717) is 19.4 Å². The minimum Gasteiger partial charge on any atom is -0.309 e. The molecule has 0 aliphatic carbocycles. The van der Waals surface area contributed by atoms with E-state index >= 15 is 0 Å². The highest BCUT2D eigenvalue weighted by atomic mass is 31.2. The summed E-state index contributed by atoms with van der Waals surface area (Å²) in [5.74, 6) is 0. The van der Waals surface area contributed by atoms with E-state index in [4.69, 9.17) is 9.05 Å². The quantitative estimate of drug-likeness (QED) is 0.220. The van der Waals surface area contributed by atoms with Gasteiger partial charge in [0.1, 0.15) is 0 Å². The van der Waals surface area contributed by atoms with Crippen LogP contribution in [0, 0.1) is 0 Å². The van der Waals surface area contributed by atoms with Crippen molar-refractivity contribution in [2.24, 2.45) is 0 Å². The Hall–Kier alpha value is -0.370. The first kappa shape index (κ1) is 20.6. The van der Waals surface area contributed by atoms with Gasteiger partial charge in [0.05, 0.1) is 19.4 Å². The summed E-state index contributed by atoms with van der Waals surface area (Å²) < 4.78 is 22.6. The molecular weight excluding hydrogens is 283 g/mol. The van der Waals surface area contributed by atoms with E-state index in [1.165, 1.54) is 38.5 Å². The zero-order valence-electron chi connectivity index (χ0n) is 14.1. The highest BCUT2D eigenvalue weighted by Gasteiger charge is 2.20. The van der Waals surface area contributed by atoms with E-state index in [1.54, 1.807) is 0 Å². The zero-order valence-corrected chi connectivity index (χ0v) is 14.9. The lowest BCUT2D eigenvalue weighted by Gasteiger charge is -2.14. The highest BCUT2D eigenvalue weighted by Crippen LogP contribution is 2.47. The Kier molecular flexibility index (Phi) is 14.3. The molecule has 3 nitrogen and oxygen atoms in total. The van der Waals surface area contributed by atoms with Gasteiger partial charge in [-0.15, -0.1) is 0 Å². The molecule has 0 amide bonds. The normalized spacial score (nSPS) is 12.7. The minimum absolute atomic E-state index is 0.343. The van der Waals surface area contributed by atoms with Crippen LogP contribution < -0.4 is 0 Å². The zero-order chi connectivity index (χ0) is 15.8. The molecule has 21 heavy (non-hydrogen) atoms. The first-order valence-electron chi connectivity index (χ1n) is 8.38. The topological polar surface area (TPSA) is 35.5 Å². The lowest BCUT2D eigenvalue weighted by molar-refractivity contribution is 0.222. The van der Waals surface area contributed by atoms with Crippen molar-refractivity contribution >= 4 is 7.60 Å². The van der Waals surface area contributed by atoms with Crippen molar-refractivity contribution in [3.05, 3.63) is 24.3 Å². The van der Waals surface area contributed by atoms with E-state index in [2.05, 4.69) is 13.0 Å². The van der Waals surface area contributed by atoms with Crippen molar-refractivity contribution in [1.29, 1.82) is 0 Å². The molecule has 0 spiro atoms. The Bertz CT molecular complexity index is 314. The smallest absolute Gasteiger partial charge is 0.309 e. The summed E-state index contributed by atoms with van der Waals surface area (Å²) in [6, 6.07) is 0. The molecule has 0 radical (unpaired) electrons. The third-order valence-corrected chi connectivity index (χ3v) is 5.05. The molecule has 0 heterocycles. The number of hydrogen-bond acceptors (Lipinski definition) is 3. The van der Waals surface area contributed by atoms with Crippen LogP contribution in [0.3, 0.4) is 0 Å². The first-order chi connectivity index (χ1) is 10.2. The molecule has 0 rings (SSSR count). The lowest BCUT2D eigenvalue weighted by atomic mass is 10.1. The van der Waals surface area contributed by atoms with Gasteiger partial charge in [0.25, 0.3) is 0 Å². The SMILES string of the molecule is CCCCCCCCC=CC=CCP(=O)(OCC)OCC. The molecule has 0 N–H and O–H groups in total. The maximum Gasteiger partial charge on any atom is 0.334 e. The van der Waals surface area contributed by atoms with Crippen LogP contribution in [0.5, 0.6) is 0 Å². The van der Waals surface area contributed by atoms with Gasteiger partial charge < -0.3 is 9.05 Å². The molecule has 0 saturated heterocycles. The standard InChI is InChI=1S/C17H33O3P/c1-4-7-8-9-10-11-12-13-14-15-16-17-21(18,19-5-2)20-6-3/h13-16H,4-12,17H2,1-3H3. The summed E-state index contributed by atoms with van der Waals surface area (Å²) in [6.07, 6.45) is 17.4. The minimum atomic E-state index is -2.92. The lowest BCUT2D eigenvalue weighted by Crippen LogP contribution is -1.98. The van der Waals surface area contributed by atoms with E-state index in [-0.39, 0.29) is 0 Å². The van der Waals surface area contributed by atoms with E-state index in [0.717, 1.165) is 6.42 Å². The Morgan fingerprint density at radius 3 is 2.00 bits per heavy atom. The van der Waals surface area contributed by atoms with Gasteiger partial charge in [-0.3, -0.25) is 4.57 Å². The summed E-state index contributed by atoms with van der Waals surface area (Å²) in [6.45, 7) is 6.73. The first-order valence-corrected chi connectivity index (χ1v) is 10.1. The van der Waals surface area contributed by atoms with Crippen molar-refractivity contribution < 1.29 is 13.6 Å². The Morgan fingerprint density at radius 2 is 1.38 bits per heavy atom. The summed E-state index contributed by atoms with van der Waals surface area (Å²) in [5.41, 5.74) is 0. The fourth-order valence-corrected chi connectivity index (χ4v) is 3.47. The monoisotopic (exact) mass is 316 g/mol. The molecule has 124 valence electrons. The van der Waals surface area contributed by atoms with Gasteiger partial charge in [-0.2, -0.15) is 0 Å². The molecule has 0 aromatic carbocycles. The number of unbranched alkanes of at least 4 members (excludes halogenated alkanes) is 6. The van der Waals surface area contributed by atoms with Gasteiger partial charge >= 0.3 is 7.60 Å². The van der Waals surface area contributed by atoms with E-state index < -0.39 is 7.60 Å². The molecule has 0 bridgehead atoms. The molecule has 0 atom stereocenters. The van der Waals surface area contributed by atoms with E-state index in [9.17, 15) is 4.57 Å². The molecule has 0 aliphatic heterocycles. The van der Waals surface area contributed by atoms with Crippen molar-refractivity contribution in [3.8, 4) is 0 Å². The fraction of sp³-hybridized carbons (Fsp3) is 0.765. The third kappa shape index (κ3) is 13.0. The predicted octanol–water partition coefficient (Wildman–Crippen LogP) is 6.12. The Balaban J connectivity index is 3.73.